The number of hydrogen-bond acceptors (Lipinski definition) is 2. The second-order valence-electron chi connectivity index (χ2n) is 5.16. The molecule has 0 fully saturated rings. The SMILES string of the molecule is Cc1cc(C)c(CCNCC(C)CN)cc1C. The van der Waals surface area contributed by atoms with E-state index in [1.54, 1.807) is 0 Å². The van der Waals surface area contributed by atoms with Gasteiger partial charge in [-0.05, 0) is 75.0 Å². The van der Waals surface area contributed by atoms with E-state index < -0.39 is 0 Å². The third kappa shape index (κ3) is 4.49. The molecule has 0 spiro atoms. The lowest BCUT2D eigenvalue weighted by Crippen LogP contribution is -2.27. The van der Waals surface area contributed by atoms with Crippen molar-refractivity contribution in [3.8, 4) is 0 Å². The van der Waals surface area contributed by atoms with Crippen molar-refractivity contribution in [2.75, 3.05) is 19.6 Å². The molecule has 1 atom stereocenters. The Morgan fingerprint density at radius 1 is 1.12 bits per heavy atom. The van der Waals surface area contributed by atoms with E-state index in [0.717, 1.165) is 26.1 Å². The zero-order chi connectivity index (χ0) is 12.8. The summed E-state index contributed by atoms with van der Waals surface area (Å²) in [5.41, 5.74) is 11.2. The van der Waals surface area contributed by atoms with Crippen molar-refractivity contribution in [2.24, 2.45) is 11.7 Å². The van der Waals surface area contributed by atoms with Crippen molar-refractivity contribution in [3.63, 3.8) is 0 Å². The van der Waals surface area contributed by atoms with Crippen LogP contribution in [0, 0.1) is 26.7 Å². The van der Waals surface area contributed by atoms with Gasteiger partial charge in [-0.2, -0.15) is 0 Å². The fraction of sp³-hybridized carbons (Fsp3) is 0.600. The molecule has 0 saturated heterocycles. The molecule has 0 aliphatic carbocycles. The number of nitrogens with one attached hydrogen (secondary N) is 1. The molecule has 0 amide bonds. The standard InChI is InChI=1S/C15H26N2/c1-11(9-16)10-17-6-5-15-8-13(3)12(2)7-14(15)4/h7-8,11,17H,5-6,9-10,16H2,1-4H3. The molecule has 2 nitrogen and oxygen atoms in total. The Balaban J connectivity index is 2.44. The average molecular weight is 234 g/mol. The molecule has 0 saturated carbocycles. The molecule has 1 aromatic carbocycles. The lowest BCUT2D eigenvalue weighted by molar-refractivity contribution is 0.524. The number of nitrogens with two attached hydrogens (primary N) is 1. The predicted octanol–water partition coefficient (Wildman–Crippen LogP) is 2.34. The van der Waals surface area contributed by atoms with E-state index in [2.05, 4.69) is 45.1 Å². The highest BCUT2D eigenvalue weighted by molar-refractivity contribution is 5.36. The van der Waals surface area contributed by atoms with Gasteiger partial charge in [-0.1, -0.05) is 19.1 Å². The topological polar surface area (TPSA) is 38.0 Å². The van der Waals surface area contributed by atoms with Crippen molar-refractivity contribution in [2.45, 2.75) is 34.1 Å². The van der Waals surface area contributed by atoms with E-state index in [1.807, 2.05) is 0 Å². The molecule has 17 heavy (non-hydrogen) atoms. The summed E-state index contributed by atoms with van der Waals surface area (Å²) < 4.78 is 0. The summed E-state index contributed by atoms with van der Waals surface area (Å²) in [6.45, 7) is 11.5. The Morgan fingerprint density at radius 3 is 2.41 bits per heavy atom. The summed E-state index contributed by atoms with van der Waals surface area (Å²) in [5, 5.41) is 3.47. The van der Waals surface area contributed by atoms with E-state index in [4.69, 9.17) is 5.73 Å². The van der Waals surface area contributed by atoms with Crippen LogP contribution in [0.3, 0.4) is 0 Å². The minimum absolute atomic E-state index is 0.566. The van der Waals surface area contributed by atoms with Crippen molar-refractivity contribution in [3.05, 3.63) is 34.4 Å². The molecule has 3 N–H and O–H groups in total. The maximum Gasteiger partial charge on any atom is -0.000813 e. The van der Waals surface area contributed by atoms with Gasteiger partial charge in [-0.15, -0.1) is 0 Å². The molecular formula is C15H26N2. The summed E-state index contributed by atoms with van der Waals surface area (Å²) in [5.74, 6) is 0.566. The molecule has 0 heterocycles. The Labute approximate surface area is 106 Å². The first-order valence-electron chi connectivity index (χ1n) is 6.52. The van der Waals surface area contributed by atoms with Crippen LogP contribution in [0.25, 0.3) is 0 Å². The van der Waals surface area contributed by atoms with Gasteiger partial charge in [0.05, 0.1) is 0 Å². The van der Waals surface area contributed by atoms with Gasteiger partial charge in [0.25, 0.3) is 0 Å². The minimum atomic E-state index is 0.566. The molecule has 0 radical (unpaired) electrons. The molecule has 96 valence electrons. The molecule has 1 aromatic rings. The molecule has 0 aliphatic heterocycles. The predicted molar refractivity (Wildman–Crippen MR) is 75.4 cm³/mol. The summed E-state index contributed by atoms with van der Waals surface area (Å²) in [6, 6.07) is 4.60. The second kappa shape index (κ2) is 6.77. The zero-order valence-electron chi connectivity index (χ0n) is 11.6. The van der Waals surface area contributed by atoms with Gasteiger partial charge in [0.2, 0.25) is 0 Å². The summed E-state index contributed by atoms with van der Waals surface area (Å²) in [7, 11) is 0. The van der Waals surface area contributed by atoms with Crippen LogP contribution in [0.4, 0.5) is 0 Å². The van der Waals surface area contributed by atoms with Crippen molar-refractivity contribution in [1.82, 2.24) is 5.32 Å². The largest absolute Gasteiger partial charge is 0.330 e. The number of hydrogen-bond donors (Lipinski definition) is 2. The van der Waals surface area contributed by atoms with Gasteiger partial charge in [-0.3, -0.25) is 0 Å². The quantitative estimate of drug-likeness (QED) is 0.741. The summed E-state index contributed by atoms with van der Waals surface area (Å²) in [6.07, 6.45) is 1.10. The van der Waals surface area contributed by atoms with Crippen LogP contribution >= 0.6 is 0 Å². The lowest BCUT2D eigenvalue weighted by atomic mass is 9.99. The fourth-order valence-corrected chi connectivity index (χ4v) is 1.94. The van der Waals surface area contributed by atoms with Crippen molar-refractivity contribution in [1.29, 1.82) is 0 Å². The van der Waals surface area contributed by atoms with Gasteiger partial charge >= 0.3 is 0 Å². The van der Waals surface area contributed by atoms with Crippen molar-refractivity contribution < 1.29 is 0 Å². The maximum absolute atomic E-state index is 5.59. The molecule has 0 aromatic heterocycles. The number of benzene rings is 1. The van der Waals surface area contributed by atoms with Crippen LogP contribution in [-0.2, 0) is 6.42 Å². The molecule has 0 aliphatic rings. The Hall–Kier alpha value is -0.860. The lowest BCUT2D eigenvalue weighted by Gasteiger charge is -2.12. The first-order chi connectivity index (χ1) is 8.04. The molecule has 2 heteroatoms. The zero-order valence-corrected chi connectivity index (χ0v) is 11.6. The van der Waals surface area contributed by atoms with Crippen LogP contribution in [0.1, 0.15) is 29.2 Å². The highest BCUT2D eigenvalue weighted by Crippen LogP contribution is 2.15. The Morgan fingerprint density at radius 2 is 1.76 bits per heavy atom. The smallest absolute Gasteiger partial charge is 0.000813 e. The van der Waals surface area contributed by atoms with Crippen LogP contribution in [0.2, 0.25) is 0 Å². The third-order valence-electron chi connectivity index (χ3n) is 3.42. The Kier molecular flexibility index (Phi) is 5.66. The summed E-state index contributed by atoms with van der Waals surface area (Å²) >= 11 is 0. The molecule has 1 unspecified atom stereocenters. The second-order valence-corrected chi connectivity index (χ2v) is 5.16. The van der Waals surface area contributed by atoms with E-state index in [0.29, 0.717) is 5.92 Å². The highest BCUT2D eigenvalue weighted by atomic mass is 14.9. The highest BCUT2D eigenvalue weighted by Gasteiger charge is 2.02. The van der Waals surface area contributed by atoms with Crippen LogP contribution in [-0.4, -0.2) is 19.6 Å². The van der Waals surface area contributed by atoms with E-state index in [1.165, 1.54) is 22.3 Å². The van der Waals surface area contributed by atoms with E-state index >= 15 is 0 Å². The summed E-state index contributed by atoms with van der Waals surface area (Å²) in [4.78, 5) is 0. The van der Waals surface area contributed by atoms with Gasteiger partial charge < -0.3 is 11.1 Å². The van der Waals surface area contributed by atoms with Gasteiger partial charge in [0, 0.05) is 0 Å². The van der Waals surface area contributed by atoms with Crippen molar-refractivity contribution >= 4 is 0 Å². The third-order valence-corrected chi connectivity index (χ3v) is 3.42. The van der Waals surface area contributed by atoms with Crippen LogP contribution in [0.5, 0.6) is 0 Å². The van der Waals surface area contributed by atoms with Crippen LogP contribution in [0.15, 0.2) is 12.1 Å². The van der Waals surface area contributed by atoms with E-state index in [-0.39, 0.29) is 0 Å². The Bertz CT molecular complexity index is 358. The number of rotatable bonds is 6. The maximum atomic E-state index is 5.59. The average Bonchev–Trinajstić information content (AvgIpc) is 2.30. The van der Waals surface area contributed by atoms with Gasteiger partial charge in [0.1, 0.15) is 0 Å². The molecule has 1 rings (SSSR count). The van der Waals surface area contributed by atoms with E-state index in [9.17, 15) is 0 Å². The monoisotopic (exact) mass is 234 g/mol. The normalized spacial score (nSPS) is 12.8. The van der Waals surface area contributed by atoms with Gasteiger partial charge in [-0.25, -0.2) is 0 Å². The number of aryl methyl sites for hydroxylation is 3. The molecule has 0 bridgehead atoms. The van der Waals surface area contributed by atoms with Crippen LogP contribution < -0.4 is 11.1 Å². The molecular weight excluding hydrogens is 208 g/mol. The van der Waals surface area contributed by atoms with Gasteiger partial charge in [0.15, 0.2) is 0 Å². The first kappa shape index (κ1) is 14.2. The first-order valence-corrected chi connectivity index (χ1v) is 6.52. The minimum Gasteiger partial charge on any atom is -0.330 e. The fourth-order valence-electron chi connectivity index (χ4n) is 1.94.